The monoisotopic (exact) mass is 366 g/mol. The maximum Gasteiger partial charge on any atom is 0.214 e. The molecule has 122 valence electrons. The number of aromatic nitrogens is 4. The van der Waals surface area contributed by atoms with E-state index in [1.54, 1.807) is 27.8 Å². The molecular weight excluding hydrogens is 350 g/mol. The van der Waals surface area contributed by atoms with E-state index in [1.807, 2.05) is 30.3 Å². The highest BCUT2D eigenvalue weighted by Crippen LogP contribution is 2.18. The minimum atomic E-state index is 0. The van der Waals surface area contributed by atoms with Crippen LogP contribution in [0.3, 0.4) is 0 Å². The van der Waals surface area contributed by atoms with Crippen LogP contribution in [0.25, 0.3) is 5.69 Å². The maximum absolute atomic E-state index is 4.10. The van der Waals surface area contributed by atoms with Crippen molar-refractivity contribution in [1.29, 1.82) is 0 Å². The van der Waals surface area contributed by atoms with Crippen molar-refractivity contribution < 1.29 is 12.4 Å². The molecule has 0 atom stereocenters. The van der Waals surface area contributed by atoms with E-state index in [1.165, 1.54) is 4.88 Å². The van der Waals surface area contributed by atoms with Gasteiger partial charge in [-0.2, -0.15) is 4.68 Å². The second-order valence-electron chi connectivity index (χ2n) is 4.67. The number of nitrogens with one attached hydrogen (secondary N) is 1. The number of hydrogen-bond acceptors (Lipinski definition) is 6. The van der Waals surface area contributed by atoms with E-state index in [0.29, 0.717) is 0 Å². The third kappa shape index (κ3) is 5.31. The normalized spacial score (nSPS) is 10.4. The van der Waals surface area contributed by atoms with Gasteiger partial charge >= 0.3 is 0 Å². The molecule has 2 heterocycles. The van der Waals surface area contributed by atoms with Crippen LogP contribution >= 0.6 is 23.1 Å². The summed E-state index contributed by atoms with van der Waals surface area (Å²) in [6.45, 7) is 1.95. The molecule has 0 radical (unpaired) electrons. The van der Waals surface area contributed by atoms with Crippen LogP contribution in [0, 0.1) is 0 Å². The van der Waals surface area contributed by atoms with Gasteiger partial charge in [-0.05, 0) is 47.0 Å². The average molecular weight is 367 g/mol. The quantitative estimate of drug-likeness (QED) is 0.449. The lowest BCUT2D eigenvalue weighted by Crippen LogP contribution is -3.00. The van der Waals surface area contributed by atoms with Crippen LogP contribution in [0.4, 0.5) is 0 Å². The molecule has 0 saturated carbocycles. The largest absolute Gasteiger partial charge is 1.00 e. The highest BCUT2D eigenvalue weighted by atomic mass is 35.5. The summed E-state index contributed by atoms with van der Waals surface area (Å²) in [7, 11) is 0. The molecule has 3 aromatic rings. The summed E-state index contributed by atoms with van der Waals surface area (Å²) in [5.74, 6) is 0.991. The Hall–Kier alpha value is -1.41. The van der Waals surface area contributed by atoms with Crippen molar-refractivity contribution in [2.24, 2.45) is 0 Å². The summed E-state index contributed by atoms with van der Waals surface area (Å²) in [4.78, 5) is 1.38. The zero-order chi connectivity index (χ0) is 15.0. The third-order valence-corrected chi connectivity index (χ3v) is 4.93. The Morgan fingerprint density at radius 3 is 2.78 bits per heavy atom. The van der Waals surface area contributed by atoms with Gasteiger partial charge in [-0.1, -0.05) is 36.0 Å². The van der Waals surface area contributed by atoms with E-state index in [-0.39, 0.29) is 12.4 Å². The zero-order valence-corrected chi connectivity index (χ0v) is 14.8. The summed E-state index contributed by atoms with van der Waals surface area (Å²) in [5.41, 5.74) is 0.992. The Kier molecular flexibility index (Phi) is 7.54. The SMILES string of the molecule is [Cl-].c1ccc(-n2nnnc2SCCCNCc2cccs2)cc1. The second-order valence-corrected chi connectivity index (χ2v) is 6.76. The molecule has 2 aromatic heterocycles. The highest BCUT2D eigenvalue weighted by molar-refractivity contribution is 7.99. The number of tetrazole rings is 1. The topological polar surface area (TPSA) is 55.6 Å². The van der Waals surface area contributed by atoms with E-state index in [0.717, 1.165) is 36.1 Å². The zero-order valence-electron chi connectivity index (χ0n) is 12.4. The van der Waals surface area contributed by atoms with Crippen molar-refractivity contribution in [1.82, 2.24) is 25.5 Å². The van der Waals surface area contributed by atoms with Gasteiger partial charge in [-0.15, -0.1) is 16.4 Å². The number of thioether (sulfide) groups is 1. The smallest absolute Gasteiger partial charge is 0.214 e. The van der Waals surface area contributed by atoms with E-state index in [9.17, 15) is 0 Å². The van der Waals surface area contributed by atoms with Crippen LogP contribution in [0.5, 0.6) is 0 Å². The van der Waals surface area contributed by atoms with Crippen LogP contribution < -0.4 is 17.7 Å². The number of benzene rings is 1. The first-order chi connectivity index (χ1) is 10.9. The molecule has 0 amide bonds. The molecule has 0 saturated heterocycles. The predicted octanol–water partition coefficient (Wildman–Crippen LogP) is -0.000200. The fourth-order valence-corrected chi connectivity index (χ4v) is 3.49. The summed E-state index contributed by atoms with van der Waals surface area (Å²) in [6.07, 6.45) is 1.08. The van der Waals surface area contributed by atoms with Crippen molar-refractivity contribution in [2.75, 3.05) is 12.3 Å². The molecule has 5 nitrogen and oxygen atoms in total. The molecule has 23 heavy (non-hydrogen) atoms. The molecule has 8 heteroatoms. The van der Waals surface area contributed by atoms with Crippen LogP contribution in [0.1, 0.15) is 11.3 Å². The van der Waals surface area contributed by atoms with Gasteiger partial charge in [0.15, 0.2) is 0 Å². The first-order valence-corrected chi connectivity index (χ1v) is 9.00. The Bertz CT molecular complexity index is 672. The first-order valence-electron chi connectivity index (χ1n) is 7.13. The van der Waals surface area contributed by atoms with Gasteiger partial charge in [0.25, 0.3) is 0 Å². The van der Waals surface area contributed by atoms with Crippen LogP contribution in [0.15, 0.2) is 53.0 Å². The Morgan fingerprint density at radius 1 is 1.13 bits per heavy atom. The molecule has 0 aliphatic rings. The lowest BCUT2D eigenvalue weighted by molar-refractivity contribution is -0.00000449. The summed E-state index contributed by atoms with van der Waals surface area (Å²) in [6, 6.07) is 14.2. The maximum atomic E-state index is 4.10. The highest BCUT2D eigenvalue weighted by Gasteiger charge is 2.07. The summed E-state index contributed by atoms with van der Waals surface area (Å²) in [5, 5.41) is 18.3. The Labute approximate surface area is 149 Å². The summed E-state index contributed by atoms with van der Waals surface area (Å²) < 4.78 is 1.78. The number of thiophene rings is 1. The van der Waals surface area contributed by atoms with Gasteiger partial charge in [0.2, 0.25) is 5.16 Å². The third-order valence-electron chi connectivity index (χ3n) is 3.05. The Balaban J connectivity index is 0.00000192. The number of halogens is 1. The minimum absolute atomic E-state index is 0. The molecule has 0 bridgehead atoms. The molecule has 0 aliphatic carbocycles. The molecule has 0 fully saturated rings. The summed E-state index contributed by atoms with van der Waals surface area (Å²) >= 11 is 3.47. The minimum Gasteiger partial charge on any atom is -1.00 e. The number of rotatable bonds is 8. The van der Waals surface area contributed by atoms with Crippen molar-refractivity contribution in [2.45, 2.75) is 18.1 Å². The Morgan fingerprint density at radius 2 is 2.00 bits per heavy atom. The van der Waals surface area contributed by atoms with Gasteiger partial charge in [0, 0.05) is 17.2 Å². The van der Waals surface area contributed by atoms with Crippen molar-refractivity contribution in [3.05, 3.63) is 52.7 Å². The molecule has 0 unspecified atom stereocenters. The van der Waals surface area contributed by atoms with E-state index in [4.69, 9.17) is 0 Å². The molecule has 3 rings (SSSR count). The van der Waals surface area contributed by atoms with Gasteiger partial charge in [0.05, 0.1) is 5.69 Å². The van der Waals surface area contributed by atoms with Crippen LogP contribution in [0.2, 0.25) is 0 Å². The van der Waals surface area contributed by atoms with Crippen molar-refractivity contribution >= 4 is 23.1 Å². The van der Waals surface area contributed by atoms with E-state index >= 15 is 0 Å². The van der Waals surface area contributed by atoms with Gasteiger partial charge in [0.1, 0.15) is 0 Å². The second kappa shape index (κ2) is 9.67. The predicted molar refractivity (Wildman–Crippen MR) is 90.5 cm³/mol. The molecule has 0 spiro atoms. The molecular formula is C15H17ClN5S2-. The molecule has 1 aromatic carbocycles. The van der Waals surface area contributed by atoms with Gasteiger partial charge in [-0.3, -0.25) is 0 Å². The number of para-hydroxylation sites is 1. The van der Waals surface area contributed by atoms with E-state index < -0.39 is 0 Å². The molecule has 0 aliphatic heterocycles. The average Bonchev–Trinajstić information content (AvgIpc) is 3.23. The van der Waals surface area contributed by atoms with Crippen LogP contribution in [-0.4, -0.2) is 32.5 Å². The standard InChI is InChI=1S/C15H17N5S2.ClH/c1-2-6-13(7-3-1)20-15(17-18-19-20)22-11-5-9-16-12-14-8-4-10-21-14;/h1-4,6-8,10,16H,5,9,11-12H2;1H/p-1. The van der Waals surface area contributed by atoms with Gasteiger partial charge < -0.3 is 17.7 Å². The van der Waals surface area contributed by atoms with Crippen LogP contribution in [-0.2, 0) is 6.54 Å². The first kappa shape index (κ1) is 17.9. The number of nitrogens with zero attached hydrogens (tertiary/aromatic N) is 4. The van der Waals surface area contributed by atoms with Crippen molar-refractivity contribution in [3.8, 4) is 5.69 Å². The lowest BCUT2D eigenvalue weighted by Gasteiger charge is -2.04. The fraction of sp³-hybridized carbons (Fsp3) is 0.267. The number of hydrogen-bond donors (Lipinski definition) is 1. The van der Waals surface area contributed by atoms with Gasteiger partial charge in [-0.25, -0.2) is 0 Å². The molecule has 1 N–H and O–H groups in total. The van der Waals surface area contributed by atoms with E-state index in [2.05, 4.69) is 38.4 Å². The van der Waals surface area contributed by atoms with Crippen molar-refractivity contribution in [3.63, 3.8) is 0 Å². The fourth-order valence-electron chi connectivity index (χ4n) is 1.99. The lowest BCUT2D eigenvalue weighted by atomic mass is 10.3.